The topological polar surface area (TPSA) is 45.6 Å². The molecule has 2 aromatic heterocycles. The van der Waals surface area contributed by atoms with Crippen molar-refractivity contribution in [3.05, 3.63) is 96.1 Å². The van der Waals surface area contributed by atoms with Crippen LogP contribution in [-0.4, -0.2) is 14.8 Å². The highest BCUT2D eigenvalue weighted by molar-refractivity contribution is 5.94. The Morgan fingerprint density at radius 3 is 2.33 bits per heavy atom. The van der Waals surface area contributed by atoms with Crippen LogP contribution in [0, 0.1) is 19.7 Å². The summed E-state index contributed by atoms with van der Waals surface area (Å²) in [5.41, 5.74) is 8.04. The number of nitrogens with one attached hydrogen (secondary N) is 2. The van der Waals surface area contributed by atoms with E-state index < -0.39 is 0 Å². The molecular formula is C25H21FN4. The van der Waals surface area contributed by atoms with E-state index in [2.05, 4.69) is 52.8 Å². The lowest BCUT2D eigenvalue weighted by Crippen LogP contribution is -1.98. The lowest BCUT2D eigenvalue weighted by Gasteiger charge is -2.08. The Bertz CT molecular complexity index is 1330. The lowest BCUT2D eigenvalue weighted by molar-refractivity contribution is 0.627. The summed E-state index contributed by atoms with van der Waals surface area (Å²) >= 11 is 0. The van der Waals surface area contributed by atoms with E-state index in [0.29, 0.717) is 0 Å². The quantitative estimate of drug-likeness (QED) is 0.363. The Hall–Kier alpha value is -3.86. The molecule has 0 atom stereocenters. The van der Waals surface area contributed by atoms with E-state index in [1.807, 2.05) is 30.7 Å². The molecule has 148 valence electrons. The zero-order valence-corrected chi connectivity index (χ0v) is 16.8. The molecule has 0 aliphatic rings. The van der Waals surface area contributed by atoms with Gasteiger partial charge in [0.25, 0.3) is 0 Å². The van der Waals surface area contributed by atoms with Gasteiger partial charge in [-0.15, -0.1) is 0 Å². The molecule has 3 aromatic carbocycles. The van der Waals surface area contributed by atoms with Gasteiger partial charge in [-0.1, -0.05) is 24.3 Å². The molecule has 0 fully saturated rings. The van der Waals surface area contributed by atoms with Gasteiger partial charge in [0.15, 0.2) is 0 Å². The van der Waals surface area contributed by atoms with Crippen LogP contribution in [0.4, 0.5) is 15.8 Å². The smallest absolute Gasteiger partial charge is 0.123 e. The van der Waals surface area contributed by atoms with Gasteiger partial charge in [0, 0.05) is 28.2 Å². The number of nitrogens with zero attached hydrogens (tertiary/aromatic N) is 2. The second-order valence-electron chi connectivity index (χ2n) is 7.43. The van der Waals surface area contributed by atoms with Gasteiger partial charge in [0.05, 0.1) is 11.4 Å². The summed E-state index contributed by atoms with van der Waals surface area (Å²) in [5.74, 6) is -0.256. The first-order chi connectivity index (χ1) is 14.6. The molecule has 5 heteroatoms. The number of rotatable bonds is 4. The van der Waals surface area contributed by atoms with E-state index in [0.717, 1.165) is 50.6 Å². The van der Waals surface area contributed by atoms with Gasteiger partial charge < -0.3 is 10.3 Å². The second kappa shape index (κ2) is 7.19. The summed E-state index contributed by atoms with van der Waals surface area (Å²) in [7, 11) is 0. The summed E-state index contributed by atoms with van der Waals surface area (Å²) in [6.45, 7) is 4.07. The molecule has 4 nitrogen and oxygen atoms in total. The van der Waals surface area contributed by atoms with Crippen LogP contribution in [0.25, 0.3) is 27.8 Å². The van der Waals surface area contributed by atoms with E-state index in [9.17, 15) is 4.39 Å². The van der Waals surface area contributed by atoms with Gasteiger partial charge in [0.1, 0.15) is 11.3 Å². The maximum Gasteiger partial charge on any atom is 0.123 e. The number of aryl methyl sites for hydroxylation is 2. The summed E-state index contributed by atoms with van der Waals surface area (Å²) < 4.78 is 15.2. The maximum absolute atomic E-state index is 13.3. The number of hydrogen-bond donors (Lipinski definition) is 2. The van der Waals surface area contributed by atoms with Crippen molar-refractivity contribution in [2.45, 2.75) is 13.8 Å². The summed E-state index contributed by atoms with van der Waals surface area (Å²) in [5, 5.41) is 9.35. The number of H-pyrrole nitrogens is 1. The molecule has 0 unspecified atom stereocenters. The van der Waals surface area contributed by atoms with Crippen LogP contribution in [0.3, 0.4) is 0 Å². The first kappa shape index (κ1) is 18.2. The van der Waals surface area contributed by atoms with Crippen LogP contribution in [0.2, 0.25) is 0 Å². The zero-order valence-electron chi connectivity index (χ0n) is 16.8. The van der Waals surface area contributed by atoms with Crippen LogP contribution in [0.15, 0.2) is 78.9 Å². The standard InChI is InChI=1S/C25H21FN4/c1-16-6-15-23(27-16)18-7-11-20(12-8-18)28-24-5-3-4-22-17(2)30(29-25(22)24)21-13-9-19(26)10-14-21/h3-15,27-28H,1-2H3. The third-order valence-electron chi connectivity index (χ3n) is 5.32. The highest BCUT2D eigenvalue weighted by Crippen LogP contribution is 2.30. The average molecular weight is 396 g/mol. The van der Waals surface area contributed by atoms with Crippen molar-refractivity contribution in [3.63, 3.8) is 0 Å². The number of benzene rings is 3. The first-order valence-electron chi connectivity index (χ1n) is 9.86. The van der Waals surface area contributed by atoms with Gasteiger partial charge >= 0.3 is 0 Å². The molecule has 0 bridgehead atoms. The minimum absolute atomic E-state index is 0.256. The molecule has 0 spiro atoms. The average Bonchev–Trinajstić information content (AvgIpc) is 3.34. The number of anilines is 2. The Labute approximate surface area is 174 Å². The fourth-order valence-electron chi connectivity index (χ4n) is 3.73. The molecule has 0 aliphatic heterocycles. The van der Waals surface area contributed by atoms with Crippen molar-refractivity contribution in [1.82, 2.24) is 14.8 Å². The van der Waals surface area contributed by atoms with Crippen LogP contribution in [-0.2, 0) is 0 Å². The van der Waals surface area contributed by atoms with Gasteiger partial charge in [-0.2, -0.15) is 5.10 Å². The number of hydrogen-bond acceptors (Lipinski definition) is 2. The fourth-order valence-corrected chi connectivity index (χ4v) is 3.73. The molecule has 0 amide bonds. The predicted molar refractivity (Wildman–Crippen MR) is 120 cm³/mol. The molecule has 5 rings (SSSR count). The summed E-state index contributed by atoms with van der Waals surface area (Å²) in [6, 6.07) is 24.9. The third-order valence-corrected chi connectivity index (χ3v) is 5.32. The molecule has 30 heavy (non-hydrogen) atoms. The minimum atomic E-state index is -0.256. The molecule has 0 radical (unpaired) electrons. The second-order valence-corrected chi connectivity index (χ2v) is 7.43. The number of aromatic nitrogens is 3. The van der Waals surface area contributed by atoms with Crippen molar-refractivity contribution < 1.29 is 4.39 Å². The first-order valence-corrected chi connectivity index (χ1v) is 9.86. The van der Waals surface area contributed by atoms with Crippen molar-refractivity contribution in [2.75, 3.05) is 5.32 Å². The zero-order chi connectivity index (χ0) is 20.7. The highest BCUT2D eigenvalue weighted by atomic mass is 19.1. The summed E-state index contributed by atoms with van der Waals surface area (Å²) in [6.07, 6.45) is 0. The third kappa shape index (κ3) is 3.24. The molecule has 0 aliphatic carbocycles. The minimum Gasteiger partial charge on any atom is -0.359 e. The van der Waals surface area contributed by atoms with Gasteiger partial charge in [0.2, 0.25) is 0 Å². The van der Waals surface area contributed by atoms with E-state index in [1.54, 1.807) is 12.1 Å². The molecule has 0 saturated carbocycles. The predicted octanol–water partition coefficient (Wildman–Crippen LogP) is 6.52. The molecular weight excluding hydrogens is 375 g/mol. The van der Waals surface area contributed by atoms with Crippen molar-refractivity contribution in [3.8, 4) is 16.9 Å². The van der Waals surface area contributed by atoms with Crippen molar-refractivity contribution in [2.24, 2.45) is 0 Å². The Kier molecular flexibility index (Phi) is 4.36. The van der Waals surface area contributed by atoms with Crippen molar-refractivity contribution in [1.29, 1.82) is 0 Å². The van der Waals surface area contributed by atoms with Crippen LogP contribution in [0.1, 0.15) is 11.4 Å². The van der Waals surface area contributed by atoms with Crippen LogP contribution < -0.4 is 5.32 Å². The normalized spacial score (nSPS) is 11.2. The maximum atomic E-state index is 13.3. The fraction of sp³-hybridized carbons (Fsp3) is 0.0800. The molecule has 2 heterocycles. The monoisotopic (exact) mass is 396 g/mol. The lowest BCUT2D eigenvalue weighted by atomic mass is 10.1. The Morgan fingerprint density at radius 2 is 1.63 bits per heavy atom. The van der Waals surface area contributed by atoms with Gasteiger partial charge in [-0.3, -0.25) is 0 Å². The van der Waals surface area contributed by atoms with E-state index >= 15 is 0 Å². The number of aromatic amines is 1. The van der Waals surface area contributed by atoms with E-state index in [-0.39, 0.29) is 5.82 Å². The van der Waals surface area contributed by atoms with E-state index in [1.165, 1.54) is 12.1 Å². The largest absolute Gasteiger partial charge is 0.359 e. The molecule has 5 aromatic rings. The van der Waals surface area contributed by atoms with Gasteiger partial charge in [-0.05, 0) is 74.0 Å². The van der Waals surface area contributed by atoms with Crippen molar-refractivity contribution >= 4 is 22.3 Å². The van der Waals surface area contributed by atoms with Gasteiger partial charge in [-0.25, -0.2) is 9.07 Å². The Balaban J connectivity index is 1.49. The summed E-state index contributed by atoms with van der Waals surface area (Å²) in [4.78, 5) is 3.36. The number of halogens is 1. The SMILES string of the molecule is Cc1ccc(-c2ccc(Nc3cccc4c(C)n(-c5ccc(F)cc5)nc34)cc2)[nH]1. The Morgan fingerprint density at radius 1 is 0.867 bits per heavy atom. The number of fused-ring (bicyclic) bond motifs is 1. The van der Waals surface area contributed by atoms with E-state index in [4.69, 9.17) is 5.10 Å². The van der Waals surface area contributed by atoms with Crippen LogP contribution in [0.5, 0.6) is 0 Å². The van der Waals surface area contributed by atoms with Crippen LogP contribution >= 0.6 is 0 Å². The molecule has 0 saturated heterocycles. The molecule has 2 N–H and O–H groups in total. The highest BCUT2D eigenvalue weighted by Gasteiger charge is 2.12.